The summed E-state index contributed by atoms with van der Waals surface area (Å²) < 4.78 is 2.34. The van der Waals surface area contributed by atoms with Gasteiger partial charge in [-0.25, -0.2) is 0 Å². The fourth-order valence-electron chi connectivity index (χ4n) is 4.31. The highest BCUT2D eigenvalue weighted by Crippen LogP contribution is 2.31. The molecule has 0 aliphatic carbocycles. The van der Waals surface area contributed by atoms with Crippen LogP contribution >= 0.6 is 31.5 Å². The summed E-state index contributed by atoms with van der Waals surface area (Å²) >= 11 is 7.57. The van der Waals surface area contributed by atoms with Crippen LogP contribution in [0.1, 0.15) is 33.4 Å². The summed E-state index contributed by atoms with van der Waals surface area (Å²) in [4.78, 5) is 0. The topological polar surface area (TPSA) is 3.88 Å². The molecule has 0 fully saturated rings. The first-order valence-electron chi connectivity index (χ1n) is 9.20. The van der Waals surface area contributed by atoms with Crippen molar-refractivity contribution in [3.05, 3.63) is 75.8 Å². The predicted octanol–water partition coefficient (Wildman–Crippen LogP) is 6.78. The third kappa shape index (κ3) is 3.93. The first kappa shape index (κ1) is 20.4. The van der Waals surface area contributed by atoms with Crippen LogP contribution < -0.4 is 4.48 Å². The molecule has 0 spiro atoms. The van der Waals surface area contributed by atoms with Gasteiger partial charge in [0.05, 0.1) is 0 Å². The first-order valence-corrected chi connectivity index (χ1v) is 11.0. The van der Waals surface area contributed by atoms with Gasteiger partial charge in [0.1, 0.15) is 0 Å². The number of rotatable bonds is 3. The summed E-state index contributed by atoms with van der Waals surface area (Å²) in [5.41, 5.74) is 12.8. The third-order valence-corrected chi connectivity index (χ3v) is 5.91. The molecule has 0 atom stereocenters. The van der Waals surface area contributed by atoms with E-state index in [2.05, 4.69) is 120 Å². The van der Waals surface area contributed by atoms with Crippen molar-refractivity contribution in [2.24, 2.45) is 0 Å². The number of hydrogen-bond donors (Lipinski definition) is 0. The van der Waals surface area contributed by atoms with Gasteiger partial charge < -0.3 is 0 Å². The van der Waals surface area contributed by atoms with Crippen LogP contribution in [0.4, 0.5) is 0 Å². The number of halogens is 2. The van der Waals surface area contributed by atoms with Crippen molar-refractivity contribution in [1.82, 2.24) is 0 Å². The maximum Gasteiger partial charge on any atom is 0.643 e. The molecular formula is C23H25BBr2N+. The lowest BCUT2D eigenvalue weighted by atomic mass is 9.92. The molecule has 0 saturated carbocycles. The molecule has 0 amide bonds. The van der Waals surface area contributed by atoms with E-state index in [0.717, 1.165) is 0 Å². The number of aryl methyl sites for hydroxylation is 6. The molecule has 0 unspecified atom stereocenters. The maximum atomic E-state index is 3.79. The predicted molar refractivity (Wildman–Crippen MR) is 125 cm³/mol. The number of benzene rings is 2. The molecule has 4 heteroatoms. The molecule has 27 heavy (non-hydrogen) atoms. The van der Waals surface area contributed by atoms with Crippen LogP contribution in [0, 0.1) is 41.5 Å². The molecule has 3 aromatic rings. The van der Waals surface area contributed by atoms with Crippen LogP contribution in [0.25, 0.3) is 22.5 Å². The Morgan fingerprint density at radius 1 is 0.630 bits per heavy atom. The minimum atomic E-state index is -0.00333. The lowest BCUT2D eigenvalue weighted by Gasteiger charge is -2.16. The zero-order valence-corrected chi connectivity index (χ0v) is 20.0. The Morgan fingerprint density at radius 2 is 0.963 bits per heavy atom. The average molecular weight is 486 g/mol. The minimum Gasteiger partial charge on any atom is -0.256 e. The molecule has 0 aliphatic rings. The minimum absolute atomic E-state index is 0.00333. The first-order chi connectivity index (χ1) is 12.7. The SMILES string of the molecule is Cc1cc(C)c(-c2cccc(-c3c(C)cc(C)cc3C)[n+]2B(Br)Br)c(C)c1. The largest absolute Gasteiger partial charge is 0.643 e. The monoisotopic (exact) mass is 484 g/mol. The summed E-state index contributed by atoms with van der Waals surface area (Å²) in [6.45, 7) is 13.1. The summed E-state index contributed by atoms with van der Waals surface area (Å²) in [5.74, 6) is 0. The second-order valence-corrected chi connectivity index (χ2v) is 10.5. The Labute approximate surface area is 179 Å². The van der Waals surface area contributed by atoms with Gasteiger partial charge in [-0.15, -0.1) is 0 Å². The van der Waals surface area contributed by atoms with Crippen molar-refractivity contribution < 1.29 is 4.48 Å². The van der Waals surface area contributed by atoms with Crippen molar-refractivity contribution in [2.75, 3.05) is 0 Å². The lowest BCUT2D eigenvalue weighted by molar-refractivity contribution is -0.501. The number of hydrogen-bond acceptors (Lipinski definition) is 0. The van der Waals surface area contributed by atoms with Crippen molar-refractivity contribution in [3.8, 4) is 22.5 Å². The van der Waals surface area contributed by atoms with Crippen molar-refractivity contribution in [2.45, 2.75) is 41.5 Å². The number of nitrogens with zero attached hydrogens (tertiary/aromatic N) is 1. The smallest absolute Gasteiger partial charge is 0.256 e. The molecule has 138 valence electrons. The highest BCUT2D eigenvalue weighted by Gasteiger charge is 2.32. The lowest BCUT2D eigenvalue weighted by Crippen LogP contribution is -2.47. The Morgan fingerprint density at radius 3 is 1.26 bits per heavy atom. The van der Waals surface area contributed by atoms with E-state index in [1.807, 2.05) is 0 Å². The van der Waals surface area contributed by atoms with Crippen molar-refractivity contribution in [3.63, 3.8) is 0 Å². The molecule has 1 aromatic heterocycles. The molecule has 0 aliphatic heterocycles. The van der Waals surface area contributed by atoms with Crippen LogP contribution in [0.2, 0.25) is 0 Å². The van der Waals surface area contributed by atoms with E-state index in [-0.39, 0.29) is 4.50 Å². The van der Waals surface area contributed by atoms with Crippen LogP contribution in [0.15, 0.2) is 42.5 Å². The molecule has 0 N–H and O–H groups in total. The fourth-order valence-corrected chi connectivity index (χ4v) is 5.19. The normalized spacial score (nSPS) is 11.0. The third-order valence-electron chi connectivity index (χ3n) is 5.09. The van der Waals surface area contributed by atoms with Gasteiger partial charge in [0.25, 0.3) is 0 Å². The zero-order valence-electron chi connectivity index (χ0n) is 16.8. The molecule has 1 nitrogen and oxygen atoms in total. The van der Waals surface area contributed by atoms with Crippen molar-refractivity contribution in [1.29, 1.82) is 0 Å². The van der Waals surface area contributed by atoms with E-state index >= 15 is 0 Å². The summed E-state index contributed by atoms with van der Waals surface area (Å²) in [6.07, 6.45) is 0. The maximum absolute atomic E-state index is 3.79. The zero-order chi connectivity index (χ0) is 19.9. The van der Waals surface area contributed by atoms with E-state index in [1.54, 1.807) is 0 Å². The van der Waals surface area contributed by atoms with E-state index in [0.29, 0.717) is 0 Å². The van der Waals surface area contributed by atoms with E-state index < -0.39 is 0 Å². The van der Waals surface area contributed by atoms with Gasteiger partial charge in [0.2, 0.25) is 0 Å². The number of aromatic nitrogens is 1. The van der Waals surface area contributed by atoms with Crippen LogP contribution in [0.5, 0.6) is 0 Å². The van der Waals surface area contributed by atoms with Gasteiger partial charge in [-0.1, -0.05) is 35.4 Å². The quantitative estimate of drug-likeness (QED) is 0.360. The summed E-state index contributed by atoms with van der Waals surface area (Å²) in [5, 5.41) is 0. The molecule has 0 bridgehead atoms. The molecule has 0 saturated heterocycles. The van der Waals surface area contributed by atoms with Gasteiger partial charge >= 0.3 is 4.50 Å². The number of pyridine rings is 1. The molecule has 1 heterocycles. The second-order valence-electron chi connectivity index (χ2n) is 7.49. The molecule has 2 aromatic carbocycles. The summed E-state index contributed by atoms with van der Waals surface area (Å²) in [6, 6.07) is 15.6. The highest BCUT2D eigenvalue weighted by molar-refractivity contribution is 9.48. The van der Waals surface area contributed by atoms with Crippen LogP contribution in [0.3, 0.4) is 0 Å². The average Bonchev–Trinajstić information content (AvgIpc) is 2.52. The molecular weight excluding hydrogens is 461 g/mol. The molecule has 3 rings (SSSR count). The highest BCUT2D eigenvalue weighted by atomic mass is 79.9. The Hall–Kier alpha value is -1.39. The standard InChI is InChI=1S/C23H25BBr2N/c1-14-10-16(3)22(17(4)11-14)20-8-7-9-21(27(20)24(25)26)23-18(5)12-15(2)13-19(23)6/h7-13H,1-6H3/q+1. The second kappa shape index (κ2) is 7.93. The van der Waals surface area contributed by atoms with Gasteiger partial charge in [0, 0.05) is 23.3 Å². The van der Waals surface area contributed by atoms with Crippen LogP contribution in [-0.2, 0) is 0 Å². The Balaban J connectivity index is 2.37. The Kier molecular flexibility index (Phi) is 5.97. The van der Waals surface area contributed by atoms with Gasteiger partial charge in [-0.2, -0.15) is 0 Å². The van der Waals surface area contributed by atoms with E-state index in [9.17, 15) is 0 Å². The summed E-state index contributed by atoms with van der Waals surface area (Å²) in [7, 11) is 0. The molecule has 0 radical (unpaired) electrons. The van der Waals surface area contributed by atoms with Gasteiger partial charge in [-0.3, -0.25) is 4.48 Å². The van der Waals surface area contributed by atoms with Gasteiger partial charge in [-0.05, 0) is 101 Å². The van der Waals surface area contributed by atoms with Crippen molar-refractivity contribution >= 4 is 36.0 Å². The Bertz CT molecular complexity index is 903. The fraction of sp³-hybridized carbons (Fsp3) is 0.261. The van der Waals surface area contributed by atoms with Crippen LogP contribution in [-0.4, -0.2) is 4.50 Å². The van der Waals surface area contributed by atoms with E-state index in [4.69, 9.17) is 0 Å². The van der Waals surface area contributed by atoms with Gasteiger partial charge in [0.15, 0.2) is 11.4 Å². The van der Waals surface area contributed by atoms with E-state index in [1.165, 1.54) is 55.9 Å².